The SMILES string of the molecule is CC1=NN(c2ccccc2)C(=O)/C1=C\c1ccccc1OCc1ccc(Br)cc1. The zero-order valence-corrected chi connectivity index (χ0v) is 17.5. The van der Waals surface area contributed by atoms with Gasteiger partial charge in [-0.3, -0.25) is 4.79 Å². The van der Waals surface area contributed by atoms with Crippen LogP contribution in [0, 0.1) is 0 Å². The van der Waals surface area contributed by atoms with Gasteiger partial charge in [-0.2, -0.15) is 10.1 Å². The second-order valence-corrected chi connectivity index (χ2v) is 7.56. The molecule has 0 N–H and O–H groups in total. The van der Waals surface area contributed by atoms with E-state index >= 15 is 0 Å². The summed E-state index contributed by atoms with van der Waals surface area (Å²) >= 11 is 3.44. The van der Waals surface area contributed by atoms with Crippen LogP contribution in [0.3, 0.4) is 0 Å². The molecule has 0 unspecified atom stereocenters. The number of para-hydroxylation sites is 2. The third-order valence-electron chi connectivity index (χ3n) is 4.59. The van der Waals surface area contributed by atoms with E-state index in [1.165, 1.54) is 5.01 Å². The van der Waals surface area contributed by atoms with E-state index in [1.807, 2.05) is 91.9 Å². The average Bonchev–Trinajstić information content (AvgIpc) is 3.03. The molecule has 0 aliphatic carbocycles. The van der Waals surface area contributed by atoms with Crippen molar-refractivity contribution in [2.24, 2.45) is 5.10 Å². The number of carbonyl (C=O) groups excluding carboxylic acids is 1. The summed E-state index contributed by atoms with van der Waals surface area (Å²) in [6, 6.07) is 25.1. The summed E-state index contributed by atoms with van der Waals surface area (Å²) in [5, 5.41) is 5.87. The van der Waals surface area contributed by atoms with Crippen LogP contribution in [0.2, 0.25) is 0 Å². The van der Waals surface area contributed by atoms with Crippen LogP contribution in [-0.4, -0.2) is 11.6 Å². The number of hydrogen-bond donors (Lipinski definition) is 0. The summed E-state index contributed by atoms with van der Waals surface area (Å²) in [6.45, 7) is 2.29. The fourth-order valence-electron chi connectivity index (χ4n) is 3.06. The number of nitrogens with zero attached hydrogens (tertiary/aromatic N) is 2. The first-order chi connectivity index (χ1) is 14.1. The van der Waals surface area contributed by atoms with Gasteiger partial charge in [-0.15, -0.1) is 0 Å². The minimum absolute atomic E-state index is 0.142. The average molecular weight is 447 g/mol. The first-order valence-corrected chi connectivity index (χ1v) is 10.0. The summed E-state index contributed by atoms with van der Waals surface area (Å²) in [6.07, 6.45) is 1.85. The molecule has 1 aliphatic heterocycles. The van der Waals surface area contributed by atoms with E-state index in [0.29, 0.717) is 17.9 Å². The summed E-state index contributed by atoms with van der Waals surface area (Å²) in [5.41, 5.74) is 3.91. The molecule has 0 fully saturated rings. The molecule has 0 radical (unpaired) electrons. The topological polar surface area (TPSA) is 41.9 Å². The van der Waals surface area contributed by atoms with Gasteiger partial charge in [0.25, 0.3) is 5.91 Å². The van der Waals surface area contributed by atoms with E-state index in [1.54, 1.807) is 0 Å². The monoisotopic (exact) mass is 446 g/mol. The van der Waals surface area contributed by atoms with Crippen LogP contribution in [0.1, 0.15) is 18.1 Å². The minimum atomic E-state index is -0.142. The van der Waals surface area contributed by atoms with Crippen molar-refractivity contribution in [3.05, 3.63) is 100 Å². The van der Waals surface area contributed by atoms with E-state index < -0.39 is 0 Å². The molecule has 4 rings (SSSR count). The fourth-order valence-corrected chi connectivity index (χ4v) is 3.32. The van der Waals surface area contributed by atoms with Gasteiger partial charge in [-0.1, -0.05) is 64.5 Å². The number of halogens is 1. The molecule has 0 aromatic heterocycles. The van der Waals surface area contributed by atoms with Crippen molar-refractivity contribution in [2.75, 3.05) is 5.01 Å². The third kappa shape index (κ3) is 4.30. The maximum atomic E-state index is 12.9. The van der Waals surface area contributed by atoms with Crippen LogP contribution in [0.25, 0.3) is 6.08 Å². The second kappa shape index (κ2) is 8.45. The van der Waals surface area contributed by atoms with Crippen molar-refractivity contribution in [1.82, 2.24) is 0 Å². The fraction of sp³-hybridized carbons (Fsp3) is 0.0833. The Labute approximate surface area is 178 Å². The number of ether oxygens (including phenoxy) is 1. The van der Waals surface area contributed by atoms with E-state index in [9.17, 15) is 4.79 Å². The predicted octanol–water partition coefficient (Wildman–Crippen LogP) is 5.83. The molecular weight excluding hydrogens is 428 g/mol. The Kier molecular flexibility index (Phi) is 5.58. The van der Waals surface area contributed by atoms with Crippen LogP contribution in [-0.2, 0) is 11.4 Å². The lowest BCUT2D eigenvalue weighted by molar-refractivity contribution is -0.114. The first-order valence-electron chi connectivity index (χ1n) is 9.25. The van der Waals surface area contributed by atoms with Crippen LogP contribution in [0.4, 0.5) is 5.69 Å². The van der Waals surface area contributed by atoms with Crippen molar-refractivity contribution < 1.29 is 9.53 Å². The second-order valence-electron chi connectivity index (χ2n) is 6.65. The Bertz CT molecular complexity index is 1090. The van der Waals surface area contributed by atoms with E-state index in [0.717, 1.165) is 27.0 Å². The lowest BCUT2D eigenvalue weighted by atomic mass is 10.1. The number of amides is 1. The maximum absolute atomic E-state index is 12.9. The first kappa shape index (κ1) is 19.2. The number of anilines is 1. The highest BCUT2D eigenvalue weighted by Gasteiger charge is 2.28. The molecule has 0 saturated carbocycles. The number of hydrogen-bond acceptors (Lipinski definition) is 3. The van der Waals surface area contributed by atoms with Gasteiger partial charge in [-0.25, -0.2) is 0 Å². The highest BCUT2D eigenvalue weighted by molar-refractivity contribution is 9.10. The number of carbonyl (C=O) groups is 1. The predicted molar refractivity (Wildman–Crippen MR) is 120 cm³/mol. The Morgan fingerprint density at radius 1 is 0.966 bits per heavy atom. The Morgan fingerprint density at radius 3 is 2.41 bits per heavy atom. The maximum Gasteiger partial charge on any atom is 0.280 e. The smallest absolute Gasteiger partial charge is 0.280 e. The summed E-state index contributed by atoms with van der Waals surface area (Å²) in [7, 11) is 0. The molecule has 5 heteroatoms. The molecule has 144 valence electrons. The summed E-state index contributed by atoms with van der Waals surface area (Å²) < 4.78 is 7.06. The molecule has 3 aromatic rings. The van der Waals surface area contributed by atoms with Gasteiger partial charge in [0.05, 0.1) is 17.0 Å². The highest BCUT2D eigenvalue weighted by Crippen LogP contribution is 2.28. The van der Waals surface area contributed by atoms with Crippen LogP contribution < -0.4 is 9.75 Å². The molecule has 0 spiro atoms. The van der Waals surface area contributed by atoms with Crippen molar-refractivity contribution in [3.8, 4) is 5.75 Å². The normalized spacial score (nSPS) is 15.0. The Morgan fingerprint density at radius 2 is 1.66 bits per heavy atom. The molecule has 4 nitrogen and oxygen atoms in total. The summed E-state index contributed by atoms with van der Waals surface area (Å²) in [4.78, 5) is 12.9. The Balaban J connectivity index is 1.57. The molecule has 0 atom stereocenters. The summed E-state index contributed by atoms with van der Waals surface area (Å²) in [5.74, 6) is 0.582. The third-order valence-corrected chi connectivity index (χ3v) is 5.12. The molecule has 1 heterocycles. The van der Waals surface area contributed by atoms with Crippen molar-refractivity contribution in [2.45, 2.75) is 13.5 Å². The lowest BCUT2D eigenvalue weighted by Crippen LogP contribution is -2.21. The van der Waals surface area contributed by atoms with Crippen molar-refractivity contribution >= 4 is 39.3 Å². The number of benzene rings is 3. The van der Waals surface area contributed by atoms with Crippen LogP contribution in [0.15, 0.2) is 94.0 Å². The zero-order chi connectivity index (χ0) is 20.2. The van der Waals surface area contributed by atoms with Gasteiger partial charge >= 0.3 is 0 Å². The van der Waals surface area contributed by atoms with E-state index in [4.69, 9.17) is 4.74 Å². The standard InChI is InChI=1S/C24H19BrN2O2/c1-17-22(24(28)27(26-17)21-8-3-2-4-9-21)15-19-7-5-6-10-23(19)29-16-18-11-13-20(25)14-12-18/h2-15H,16H2,1H3/b22-15-. The van der Waals surface area contributed by atoms with Gasteiger partial charge in [0, 0.05) is 10.0 Å². The van der Waals surface area contributed by atoms with Gasteiger partial charge in [0.1, 0.15) is 12.4 Å². The van der Waals surface area contributed by atoms with Crippen molar-refractivity contribution in [1.29, 1.82) is 0 Å². The van der Waals surface area contributed by atoms with Gasteiger partial charge in [-0.05, 0) is 48.9 Å². The highest BCUT2D eigenvalue weighted by atomic mass is 79.9. The molecule has 1 amide bonds. The molecule has 0 bridgehead atoms. The molecule has 3 aromatic carbocycles. The van der Waals surface area contributed by atoms with Gasteiger partial charge in [0.2, 0.25) is 0 Å². The van der Waals surface area contributed by atoms with Gasteiger partial charge < -0.3 is 4.74 Å². The van der Waals surface area contributed by atoms with Gasteiger partial charge in [0.15, 0.2) is 0 Å². The molecular formula is C24H19BrN2O2. The molecule has 1 aliphatic rings. The zero-order valence-electron chi connectivity index (χ0n) is 15.9. The quantitative estimate of drug-likeness (QED) is 0.462. The molecule has 29 heavy (non-hydrogen) atoms. The van der Waals surface area contributed by atoms with E-state index in [-0.39, 0.29) is 5.91 Å². The lowest BCUT2D eigenvalue weighted by Gasteiger charge is -2.12. The van der Waals surface area contributed by atoms with E-state index in [2.05, 4.69) is 21.0 Å². The minimum Gasteiger partial charge on any atom is -0.488 e. The number of rotatable bonds is 5. The van der Waals surface area contributed by atoms with Crippen molar-refractivity contribution in [3.63, 3.8) is 0 Å². The Hall–Kier alpha value is -3.18. The largest absolute Gasteiger partial charge is 0.488 e. The molecule has 0 saturated heterocycles. The van der Waals surface area contributed by atoms with Crippen LogP contribution in [0.5, 0.6) is 5.75 Å². The number of hydrazone groups is 1. The van der Waals surface area contributed by atoms with Crippen LogP contribution >= 0.6 is 15.9 Å².